The van der Waals surface area contributed by atoms with Crippen LogP contribution >= 0.6 is 7.60 Å². The Bertz CT molecular complexity index is 1530. The SMILES string of the molecule is CCOP(=O)(OCC)C(NCc1cn(CC(=O)n2c3ccccc3c3ccccc32)nn1)c1ccccc1. The highest BCUT2D eigenvalue weighted by atomic mass is 31.2. The maximum atomic E-state index is 13.6. The van der Waals surface area contributed by atoms with Gasteiger partial charge in [0.1, 0.15) is 12.3 Å². The molecule has 0 aliphatic heterocycles. The van der Waals surface area contributed by atoms with E-state index in [2.05, 4.69) is 15.6 Å². The van der Waals surface area contributed by atoms with Gasteiger partial charge in [-0.3, -0.25) is 19.2 Å². The molecule has 0 aliphatic rings. The van der Waals surface area contributed by atoms with Crippen LogP contribution in [0.5, 0.6) is 0 Å². The second-order valence-electron chi connectivity index (χ2n) is 8.74. The zero-order valence-electron chi connectivity index (χ0n) is 21.4. The first-order chi connectivity index (χ1) is 18.5. The number of hydrogen-bond acceptors (Lipinski definition) is 7. The summed E-state index contributed by atoms with van der Waals surface area (Å²) in [4.78, 5) is 13.4. The Morgan fingerprint density at radius 1 is 0.895 bits per heavy atom. The highest BCUT2D eigenvalue weighted by Crippen LogP contribution is 2.59. The van der Waals surface area contributed by atoms with Crippen LogP contribution in [-0.2, 0) is 26.7 Å². The molecule has 0 bridgehead atoms. The molecule has 5 aromatic rings. The average molecular weight is 532 g/mol. The molecule has 10 heteroatoms. The molecular weight excluding hydrogens is 501 g/mol. The van der Waals surface area contributed by atoms with E-state index in [4.69, 9.17) is 9.05 Å². The zero-order chi connectivity index (χ0) is 26.5. The normalized spacial score (nSPS) is 12.8. The first-order valence-electron chi connectivity index (χ1n) is 12.6. The van der Waals surface area contributed by atoms with Crippen molar-refractivity contribution in [3.05, 3.63) is 96.3 Å². The summed E-state index contributed by atoms with van der Waals surface area (Å²) in [6.07, 6.45) is 1.72. The van der Waals surface area contributed by atoms with Gasteiger partial charge in [0.2, 0.25) is 0 Å². The van der Waals surface area contributed by atoms with Gasteiger partial charge in [-0.05, 0) is 31.5 Å². The van der Waals surface area contributed by atoms with E-state index < -0.39 is 13.4 Å². The summed E-state index contributed by atoms with van der Waals surface area (Å²) in [7, 11) is -3.51. The van der Waals surface area contributed by atoms with Crippen LogP contribution in [0, 0.1) is 0 Å². The van der Waals surface area contributed by atoms with E-state index in [1.54, 1.807) is 24.6 Å². The van der Waals surface area contributed by atoms with Gasteiger partial charge in [0.25, 0.3) is 5.91 Å². The minimum atomic E-state index is -3.51. The summed E-state index contributed by atoms with van der Waals surface area (Å²) >= 11 is 0. The molecule has 38 heavy (non-hydrogen) atoms. The average Bonchev–Trinajstić information content (AvgIpc) is 3.51. The Morgan fingerprint density at radius 2 is 1.47 bits per heavy atom. The molecule has 0 amide bonds. The number of para-hydroxylation sites is 2. The molecule has 196 valence electrons. The predicted molar refractivity (Wildman–Crippen MR) is 147 cm³/mol. The monoisotopic (exact) mass is 531 g/mol. The molecule has 5 rings (SSSR count). The maximum Gasteiger partial charge on any atom is 0.351 e. The van der Waals surface area contributed by atoms with Crippen LogP contribution in [0.1, 0.15) is 35.7 Å². The first-order valence-corrected chi connectivity index (χ1v) is 14.2. The van der Waals surface area contributed by atoms with E-state index in [9.17, 15) is 9.36 Å². The molecule has 0 spiro atoms. The van der Waals surface area contributed by atoms with Gasteiger partial charge in [-0.25, -0.2) is 4.68 Å². The molecule has 0 aliphatic carbocycles. The highest BCUT2D eigenvalue weighted by molar-refractivity contribution is 7.54. The van der Waals surface area contributed by atoms with Crippen molar-refractivity contribution in [2.75, 3.05) is 13.2 Å². The highest BCUT2D eigenvalue weighted by Gasteiger charge is 2.36. The lowest BCUT2D eigenvalue weighted by molar-refractivity contribution is 0.0896. The number of rotatable bonds is 11. The van der Waals surface area contributed by atoms with Crippen molar-refractivity contribution < 1.29 is 18.4 Å². The Hall–Kier alpha value is -3.62. The van der Waals surface area contributed by atoms with Crippen molar-refractivity contribution in [2.24, 2.45) is 0 Å². The van der Waals surface area contributed by atoms with E-state index in [1.165, 1.54) is 4.68 Å². The topological polar surface area (TPSA) is 100 Å². The Labute approximate surface area is 220 Å². The molecule has 1 N–H and O–H groups in total. The Balaban J connectivity index is 1.35. The quantitative estimate of drug-likeness (QED) is 0.216. The fourth-order valence-corrected chi connectivity index (χ4v) is 6.64. The number of nitrogens with one attached hydrogen (secondary N) is 1. The van der Waals surface area contributed by atoms with Gasteiger partial charge in [0.15, 0.2) is 0 Å². The molecule has 2 heterocycles. The van der Waals surface area contributed by atoms with Crippen molar-refractivity contribution >= 4 is 35.3 Å². The van der Waals surface area contributed by atoms with Crippen molar-refractivity contribution in [2.45, 2.75) is 32.7 Å². The van der Waals surface area contributed by atoms with E-state index in [1.807, 2.05) is 78.9 Å². The van der Waals surface area contributed by atoms with E-state index in [-0.39, 0.29) is 32.2 Å². The van der Waals surface area contributed by atoms with Gasteiger partial charge in [-0.15, -0.1) is 5.10 Å². The van der Waals surface area contributed by atoms with Gasteiger partial charge in [-0.2, -0.15) is 0 Å². The number of hydrogen-bond donors (Lipinski definition) is 1. The Morgan fingerprint density at radius 3 is 2.08 bits per heavy atom. The fourth-order valence-electron chi connectivity index (χ4n) is 4.69. The molecule has 9 nitrogen and oxygen atoms in total. The van der Waals surface area contributed by atoms with Gasteiger partial charge in [-0.1, -0.05) is 71.9 Å². The van der Waals surface area contributed by atoms with E-state index in [0.29, 0.717) is 5.69 Å². The van der Waals surface area contributed by atoms with Gasteiger partial charge in [0, 0.05) is 17.3 Å². The fraction of sp³-hybridized carbons (Fsp3) is 0.250. The van der Waals surface area contributed by atoms with Crippen LogP contribution in [-0.4, -0.2) is 38.7 Å². The smallest absolute Gasteiger partial charge is 0.308 e. The van der Waals surface area contributed by atoms with Crippen LogP contribution in [0.3, 0.4) is 0 Å². The number of aromatic nitrogens is 4. The second kappa shape index (κ2) is 11.4. The van der Waals surface area contributed by atoms with Gasteiger partial charge in [0.05, 0.1) is 36.1 Å². The number of benzene rings is 3. The lowest BCUT2D eigenvalue weighted by Crippen LogP contribution is -2.23. The minimum Gasteiger partial charge on any atom is -0.308 e. The summed E-state index contributed by atoms with van der Waals surface area (Å²) in [5.41, 5.74) is 3.09. The summed E-state index contributed by atoms with van der Waals surface area (Å²) in [6.45, 7) is 4.36. The lowest BCUT2D eigenvalue weighted by Gasteiger charge is -2.27. The molecule has 0 saturated carbocycles. The maximum absolute atomic E-state index is 13.6. The summed E-state index contributed by atoms with van der Waals surface area (Å²) in [5.74, 6) is -0.806. The molecule has 0 saturated heterocycles. The van der Waals surface area contributed by atoms with Gasteiger partial charge >= 0.3 is 7.60 Å². The molecule has 0 radical (unpaired) electrons. The molecule has 1 atom stereocenters. The number of carbonyl (C=O) groups is 1. The molecule has 3 aromatic carbocycles. The second-order valence-corrected chi connectivity index (χ2v) is 10.9. The summed E-state index contributed by atoms with van der Waals surface area (Å²) in [6, 6.07) is 25.1. The van der Waals surface area contributed by atoms with E-state index >= 15 is 0 Å². The van der Waals surface area contributed by atoms with Gasteiger partial charge < -0.3 is 9.05 Å². The first kappa shape index (κ1) is 26.0. The van der Waals surface area contributed by atoms with E-state index in [0.717, 1.165) is 27.4 Å². The van der Waals surface area contributed by atoms with Crippen LogP contribution in [0.2, 0.25) is 0 Å². The molecule has 1 unspecified atom stereocenters. The number of carbonyl (C=O) groups excluding carboxylic acids is 1. The van der Waals surface area contributed by atoms with Crippen molar-refractivity contribution in [3.63, 3.8) is 0 Å². The zero-order valence-corrected chi connectivity index (χ0v) is 22.3. The number of nitrogens with zero attached hydrogens (tertiary/aromatic N) is 4. The summed E-state index contributed by atoms with van der Waals surface area (Å²) < 4.78 is 28.1. The van der Waals surface area contributed by atoms with Crippen molar-refractivity contribution in [1.29, 1.82) is 0 Å². The Kier molecular flexibility index (Phi) is 7.81. The lowest BCUT2D eigenvalue weighted by atomic mass is 10.2. The standard InChI is InChI=1S/C28H30N5O4P/c1-3-36-38(35,37-4-2)28(21-12-6-5-7-13-21)29-18-22-19-32(31-30-22)20-27(34)33-25-16-10-8-14-23(25)24-15-9-11-17-26(24)33/h5-17,19,28-29H,3-4,18,20H2,1-2H3. The largest absolute Gasteiger partial charge is 0.351 e. The third-order valence-corrected chi connectivity index (χ3v) is 8.59. The summed E-state index contributed by atoms with van der Waals surface area (Å²) in [5, 5.41) is 13.7. The predicted octanol–water partition coefficient (Wildman–Crippen LogP) is 5.78. The van der Waals surface area contributed by atoms with Crippen molar-refractivity contribution in [1.82, 2.24) is 24.9 Å². The van der Waals surface area contributed by atoms with Crippen LogP contribution in [0.4, 0.5) is 0 Å². The van der Waals surface area contributed by atoms with Crippen LogP contribution in [0.15, 0.2) is 85.1 Å². The molecule has 0 fully saturated rings. The molecular formula is C28H30N5O4P. The third-order valence-electron chi connectivity index (χ3n) is 6.24. The third kappa shape index (κ3) is 5.19. The molecule has 2 aromatic heterocycles. The van der Waals surface area contributed by atoms with Crippen LogP contribution < -0.4 is 5.32 Å². The van der Waals surface area contributed by atoms with Crippen LogP contribution in [0.25, 0.3) is 21.8 Å². The minimum absolute atomic E-state index is 0.0220. The number of fused-ring (bicyclic) bond motifs is 3. The van der Waals surface area contributed by atoms with Crippen molar-refractivity contribution in [3.8, 4) is 0 Å².